The van der Waals surface area contributed by atoms with Crippen molar-refractivity contribution in [3.8, 4) is 17.4 Å². The third-order valence-corrected chi connectivity index (χ3v) is 8.00. The number of carbonyl (C=O) groups is 2. The summed E-state index contributed by atoms with van der Waals surface area (Å²) in [6.45, 7) is 2.64. The standard InChI is InChI=1S/C28H26Cl3N3O4/c29-21-3-8-26(32-14-21)38-22-4-1-18(2-5-22)28(36)33-11-9-19-15-34(16-20(19)10-12-33)27(35)17-37-23-6-7-24(30)25(31)13-23/h1-8,13-14,19-20H,9-12,15-17H2/t19-,20+. The lowest BCUT2D eigenvalue weighted by Gasteiger charge is -2.22. The first-order valence-electron chi connectivity index (χ1n) is 12.4. The molecule has 3 aromatic rings. The number of likely N-dealkylation sites (tertiary alicyclic amines) is 2. The van der Waals surface area contributed by atoms with Crippen LogP contribution in [0.3, 0.4) is 0 Å². The lowest BCUT2D eigenvalue weighted by Crippen LogP contribution is -2.35. The van der Waals surface area contributed by atoms with Gasteiger partial charge >= 0.3 is 0 Å². The predicted octanol–water partition coefficient (Wildman–Crippen LogP) is 6.22. The average Bonchev–Trinajstić information content (AvgIpc) is 3.23. The second-order valence-electron chi connectivity index (χ2n) is 9.49. The van der Waals surface area contributed by atoms with Crippen molar-refractivity contribution in [1.82, 2.24) is 14.8 Å². The largest absolute Gasteiger partial charge is 0.484 e. The minimum atomic E-state index is -0.0480. The van der Waals surface area contributed by atoms with Crippen molar-refractivity contribution >= 4 is 46.6 Å². The molecule has 7 nitrogen and oxygen atoms in total. The van der Waals surface area contributed by atoms with Gasteiger partial charge in [-0.05, 0) is 67.1 Å². The van der Waals surface area contributed by atoms with Gasteiger partial charge in [0, 0.05) is 50.1 Å². The van der Waals surface area contributed by atoms with Crippen LogP contribution >= 0.6 is 34.8 Å². The number of pyridine rings is 1. The molecular weight excluding hydrogens is 549 g/mol. The Balaban J connectivity index is 1.11. The Bertz CT molecular complexity index is 1290. The maximum Gasteiger partial charge on any atom is 0.260 e. The molecule has 0 bridgehead atoms. The molecule has 2 atom stereocenters. The van der Waals surface area contributed by atoms with E-state index in [4.69, 9.17) is 44.3 Å². The van der Waals surface area contributed by atoms with Gasteiger partial charge in [-0.2, -0.15) is 0 Å². The van der Waals surface area contributed by atoms with Gasteiger partial charge in [-0.1, -0.05) is 34.8 Å². The third-order valence-electron chi connectivity index (χ3n) is 7.03. The van der Waals surface area contributed by atoms with Crippen molar-refractivity contribution in [2.75, 3.05) is 32.8 Å². The minimum Gasteiger partial charge on any atom is -0.484 e. The van der Waals surface area contributed by atoms with Crippen molar-refractivity contribution in [2.45, 2.75) is 12.8 Å². The van der Waals surface area contributed by atoms with E-state index in [2.05, 4.69) is 4.98 Å². The Kier molecular flexibility index (Phi) is 8.27. The van der Waals surface area contributed by atoms with Crippen molar-refractivity contribution in [1.29, 1.82) is 0 Å². The molecule has 2 aliphatic heterocycles. The van der Waals surface area contributed by atoms with Gasteiger partial charge in [0.05, 0.1) is 15.1 Å². The summed E-state index contributed by atoms with van der Waals surface area (Å²) in [6.07, 6.45) is 3.23. The summed E-state index contributed by atoms with van der Waals surface area (Å²) in [4.78, 5) is 33.9. The molecule has 1 aromatic heterocycles. The van der Waals surface area contributed by atoms with Crippen LogP contribution in [0, 0.1) is 11.8 Å². The molecule has 5 rings (SSSR count). The van der Waals surface area contributed by atoms with E-state index in [1.54, 1.807) is 54.6 Å². The summed E-state index contributed by atoms with van der Waals surface area (Å²) < 4.78 is 11.4. The van der Waals surface area contributed by atoms with Crippen LogP contribution in [-0.2, 0) is 4.79 Å². The number of amides is 2. The van der Waals surface area contributed by atoms with Crippen LogP contribution in [0.4, 0.5) is 0 Å². The zero-order valence-electron chi connectivity index (χ0n) is 20.5. The van der Waals surface area contributed by atoms with Crippen molar-refractivity contribution in [3.05, 3.63) is 81.4 Å². The molecule has 2 aliphatic rings. The Morgan fingerprint density at radius 1 is 0.842 bits per heavy atom. The molecule has 0 N–H and O–H groups in total. The summed E-state index contributed by atoms with van der Waals surface area (Å²) in [6, 6.07) is 15.4. The van der Waals surface area contributed by atoms with E-state index in [-0.39, 0.29) is 18.4 Å². The molecular formula is C28H26Cl3N3O4. The normalized spacial score (nSPS) is 19.0. The summed E-state index contributed by atoms with van der Waals surface area (Å²) in [5, 5.41) is 1.36. The van der Waals surface area contributed by atoms with Gasteiger partial charge < -0.3 is 19.3 Å². The van der Waals surface area contributed by atoms with E-state index in [0.717, 1.165) is 12.8 Å². The SMILES string of the molecule is O=C(COc1ccc(Cl)c(Cl)c1)N1C[C@H]2CCN(C(=O)c3ccc(Oc4ccc(Cl)cn4)cc3)CC[C@H]2C1. The van der Waals surface area contributed by atoms with Gasteiger partial charge in [-0.3, -0.25) is 9.59 Å². The van der Waals surface area contributed by atoms with Crippen LogP contribution < -0.4 is 9.47 Å². The first kappa shape index (κ1) is 26.6. The summed E-state index contributed by atoms with van der Waals surface area (Å²) in [5.74, 6) is 2.22. The monoisotopic (exact) mass is 573 g/mol. The molecule has 10 heteroatoms. The smallest absolute Gasteiger partial charge is 0.260 e. The van der Waals surface area contributed by atoms with Crippen LogP contribution in [0.1, 0.15) is 23.2 Å². The second kappa shape index (κ2) is 11.8. The fraction of sp³-hybridized carbons (Fsp3) is 0.321. The fourth-order valence-electron chi connectivity index (χ4n) is 4.95. The zero-order valence-corrected chi connectivity index (χ0v) is 22.8. The number of halogens is 3. The number of nitrogens with zero attached hydrogens (tertiary/aromatic N) is 3. The highest BCUT2D eigenvalue weighted by molar-refractivity contribution is 6.42. The van der Waals surface area contributed by atoms with E-state index in [1.807, 2.05) is 9.80 Å². The number of ether oxygens (including phenoxy) is 2. The van der Waals surface area contributed by atoms with Crippen LogP contribution in [-0.4, -0.2) is 59.4 Å². The Morgan fingerprint density at radius 2 is 1.53 bits per heavy atom. The fourth-order valence-corrected chi connectivity index (χ4v) is 5.35. The molecule has 0 unspecified atom stereocenters. The molecule has 2 amide bonds. The van der Waals surface area contributed by atoms with Gasteiger partial charge in [0.1, 0.15) is 11.5 Å². The molecule has 2 aromatic carbocycles. The van der Waals surface area contributed by atoms with Gasteiger partial charge in [0.15, 0.2) is 6.61 Å². The Hall–Kier alpha value is -3.00. The number of carbonyl (C=O) groups excluding carboxylic acids is 2. The maximum atomic E-state index is 13.2. The molecule has 0 spiro atoms. The van der Waals surface area contributed by atoms with E-state index in [0.29, 0.717) is 76.0 Å². The van der Waals surface area contributed by atoms with Gasteiger partial charge in [0.25, 0.3) is 11.8 Å². The topological polar surface area (TPSA) is 72.0 Å². The Labute approximate surface area is 236 Å². The molecule has 0 aliphatic carbocycles. The summed E-state index contributed by atoms with van der Waals surface area (Å²) in [7, 11) is 0. The number of aromatic nitrogens is 1. The van der Waals surface area contributed by atoms with Crippen molar-refractivity contribution in [3.63, 3.8) is 0 Å². The zero-order chi connectivity index (χ0) is 26.6. The first-order chi connectivity index (χ1) is 18.4. The van der Waals surface area contributed by atoms with Crippen LogP contribution in [0.15, 0.2) is 60.8 Å². The van der Waals surface area contributed by atoms with Gasteiger partial charge in [0.2, 0.25) is 5.88 Å². The summed E-state index contributed by atoms with van der Waals surface area (Å²) in [5.41, 5.74) is 0.615. The molecule has 38 heavy (non-hydrogen) atoms. The van der Waals surface area contributed by atoms with Gasteiger partial charge in [-0.25, -0.2) is 4.98 Å². The van der Waals surface area contributed by atoms with Crippen LogP contribution in [0.2, 0.25) is 15.1 Å². The molecule has 3 heterocycles. The van der Waals surface area contributed by atoms with E-state index < -0.39 is 0 Å². The third kappa shape index (κ3) is 6.34. The van der Waals surface area contributed by atoms with Crippen molar-refractivity contribution < 1.29 is 19.1 Å². The van der Waals surface area contributed by atoms with E-state index in [9.17, 15) is 9.59 Å². The van der Waals surface area contributed by atoms with Crippen LogP contribution in [0.5, 0.6) is 17.4 Å². The minimum absolute atomic E-state index is 0.00380. The number of fused-ring (bicyclic) bond motifs is 1. The quantitative estimate of drug-likeness (QED) is 0.349. The maximum absolute atomic E-state index is 13.2. The molecule has 0 saturated carbocycles. The van der Waals surface area contributed by atoms with E-state index in [1.165, 1.54) is 6.20 Å². The second-order valence-corrected chi connectivity index (χ2v) is 10.7. The molecule has 2 fully saturated rings. The molecule has 0 radical (unpaired) electrons. The lowest BCUT2D eigenvalue weighted by molar-refractivity contribution is -0.132. The Morgan fingerprint density at radius 3 is 2.16 bits per heavy atom. The highest BCUT2D eigenvalue weighted by Gasteiger charge is 2.37. The van der Waals surface area contributed by atoms with Crippen molar-refractivity contribution in [2.24, 2.45) is 11.8 Å². The first-order valence-corrected chi connectivity index (χ1v) is 13.5. The number of rotatable bonds is 6. The highest BCUT2D eigenvalue weighted by Crippen LogP contribution is 2.33. The number of hydrogen-bond acceptors (Lipinski definition) is 5. The number of benzene rings is 2. The predicted molar refractivity (Wildman–Crippen MR) is 146 cm³/mol. The molecule has 2 saturated heterocycles. The highest BCUT2D eigenvalue weighted by atomic mass is 35.5. The van der Waals surface area contributed by atoms with E-state index >= 15 is 0 Å². The lowest BCUT2D eigenvalue weighted by atomic mass is 9.92. The number of hydrogen-bond donors (Lipinski definition) is 0. The average molecular weight is 575 g/mol. The van der Waals surface area contributed by atoms with Crippen LogP contribution in [0.25, 0.3) is 0 Å². The molecule has 198 valence electrons. The van der Waals surface area contributed by atoms with Gasteiger partial charge in [-0.15, -0.1) is 0 Å². The summed E-state index contributed by atoms with van der Waals surface area (Å²) >= 11 is 17.8.